The summed E-state index contributed by atoms with van der Waals surface area (Å²) in [6, 6.07) is 12.4. The van der Waals surface area contributed by atoms with Crippen LogP contribution in [0.3, 0.4) is 0 Å². The van der Waals surface area contributed by atoms with Gasteiger partial charge >= 0.3 is 0 Å². The van der Waals surface area contributed by atoms with Gasteiger partial charge in [0.05, 0.1) is 6.54 Å². The molecule has 1 aromatic carbocycles. The molecule has 0 spiro atoms. The Labute approximate surface area is 129 Å². The van der Waals surface area contributed by atoms with Crippen molar-refractivity contribution in [2.75, 3.05) is 13.6 Å². The van der Waals surface area contributed by atoms with E-state index in [2.05, 4.69) is 10.3 Å². The summed E-state index contributed by atoms with van der Waals surface area (Å²) in [6.45, 7) is 0.116. The van der Waals surface area contributed by atoms with E-state index in [1.807, 2.05) is 30.3 Å². The lowest BCUT2D eigenvalue weighted by molar-refractivity contribution is -0.121. The molecule has 0 unspecified atom stereocenters. The molecule has 0 radical (unpaired) electrons. The van der Waals surface area contributed by atoms with Crippen LogP contribution in [0.25, 0.3) is 0 Å². The Morgan fingerprint density at radius 3 is 2.55 bits per heavy atom. The number of hydrogen-bond donors (Lipinski definition) is 1. The Balaban J connectivity index is 1.94. The van der Waals surface area contributed by atoms with Crippen molar-refractivity contribution in [2.45, 2.75) is 11.4 Å². The quantitative estimate of drug-likeness (QED) is 0.862. The van der Waals surface area contributed by atoms with E-state index in [1.165, 1.54) is 31.6 Å². The largest absolute Gasteiger partial charge is 0.351 e. The van der Waals surface area contributed by atoms with Crippen molar-refractivity contribution in [1.29, 1.82) is 0 Å². The van der Waals surface area contributed by atoms with Crippen LogP contribution in [0, 0.1) is 0 Å². The van der Waals surface area contributed by atoms with Gasteiger partial charge in [0.2, 0.25) is 15.9 Å². The normalized spacial score (nSPS) is 11.4. The first-order valence-electron chi connectivity index (χ1n) is 6.67. The van der Waals surface area contributed by atoms with Crippen LogP contribution in [0.5, 0.6) is 0 Å². The molecule has 0 aliphatic rings. The van der Waals surface area contributed by atoms with Crippen LogP contribution in [0.4, 0.5) is 0 Å². The number of rotatable bonds is 6. The van der Waals surface area contributed by atoms with E-state index in [0.717, 1.165) is 9.87 Å². The number of carbonyl (C=O) groups excluding carboxylic acids is 1. The zero-order chi connectivity index (χ0) is 16.0. The summed E-state index contributed by atoms with van der Waals surface area (Å²) in [5.41, 5.74) is 0.952. The Kier molecular flexibility index (Phi) is 5.24. The van der Waals surface area contributed by atoms with Gasteiger partial charge in [-0.25, -0.2) is 8.42 Å². The SMILES string of the molecule is CN(CC(=O)NCc1ccccc1)S(=O)(=O)c1cccnc1. The highest BCUT2D eigenvalue weighted by atomic mass is 32.2. The second-order valence-electron chi connectivity index (χ2n) is 4.71. The second-order valence-corrected chi connectivity index (χ2v) is 6.76. The molecule has 1 aromatic heterocycles. The first kappa shape index (κ1) is 16.1. The number of hydrogen-bond acceptors (Lipinski definition) is 4. The van der Waals surface area contributed by atoms with Gasteiger partial charge in [-0.2, -0.15) is 4.31 Å². The van der Waals surface area contributed by atoms with Crippen molar-refractivity contribution in [1.82, 2.24) is 14.6 Å². The molecule has 0 bridgehead atoms. The summed E-state index contributed by atoms with van der Waals surface area (Å²) in [5.74, 6) is -0.362. The number of nitrogens with zero attached hydrogens (tertiary/aromatic N) is 2. The van der Waals surface area contributed by atoms with E-state index in [9.17, 15) is 13.2 Å². The van der Waals surface area contributed by atoms with Gasteiger partial charge in [0, 0.05) is 26.0 Å². The van der Waals surface area contributed by atoms with Crippen LogP contribution in [-0.2, 0) is 21.4 Å². The fraction of sp³-hybridized carbons (Fsp3) is 0.200. The Bertz CT molecular complexity index is 718. The first-order valence-corrected chi connectivity index (χ1v) is 8.11. The van der Waals surface area contributed by atoms with Gasteiger partial charge < -0.3 is 5.32 Å². The first-order chi connectivity index (χ1) is 10.5. The minimum Gasteiger partial charge on any atom is -0.351 e. The van der Waals surface area contributed by atoms with Crippen LogP contribution in [0.15, 0.2) is 59.8 Å². The van der Waals surface area contributed by atoms with E-state index in [-0.39, 0.29) is 17.3 Å². The van der Waals surface area contributed by atoms with E-state index in [1.54, 1.807) is 0 Å². The third-order valence-electron chi connectivity index (χ3n) is 3.04. The van der Waals surface area contributed by atoms with Crippen molar-refractivity contribution >= 4 is 15.9 Å². The molecular weight excluding hydrogens is 302 g/mol. The lowest BCUT2D eigenvalue weighted by Crippen LogP contribution is -2.38. The van der Waals surface area contributed by atoms with Gasteiger partial charge in [0.25, 0.3) is 0 Å². The number of aromatic nitrogens is 1. The average Bonchev–Trinajstić information content (AvgIpc) is 2.54. The minimum absolute atomic E-state index is 0.0633. The molecule has 1 N–H and O–H groups in total. The maximum atomic E-state index is 12.2. The van der Waals surface area contributed by atoms with Crippen molar-refractivity contribution in [3.05, 3.63) is 60.4 Å². The average molecular weight is 319 g/mol. The number of carbonyl (C=O) groups is 1. The van der Waals surface area contributed by atoms with E-state index in [0.29, 0.717) is 6.54 Å². The standard InChI is InChI=1S/C15H17N3O3S/c1-18(22(20,21)14-8-5-9-16-11-14)12-15(19)17-10-13-6-3-2-4-7-13/h2-9,11H,10,12H2,1H3,(H,17,19). The monoisotopic (exact) mass is 319 g/mol. The zero-order valence-electron chi connectivity index (χ0n) is 12.1. The molecule has 1 amide bonds. The van der Waals surface area contributed by atoms with E-state index in [4.69, 9.17) is 0 Å². The predicted molar refractivity (Wildman–Crippen MR) is 82.3 cm³/mol. The van der Waals surface area contributed by atoms with Crippen LogP contribution in [-0.4, -0.2) is 37.2 Å². The Morgan fingerprint density at radius 1 is 1.18 bits per heavy atom. The van der Waals surface area contributed by atoms with Crippen molar-refractivity contribution < 1.29 is 13.2 Å². The predicted octanol–water partition coefficient (Wildman–Crippen LogP) is 1.02. The van der Waals surface area contributed by atoms with Crippen molar-refractivity contribution in [2.24, 2.45) is 0 Å². The highest BCUT2D eigenvalue weighted by Gasteiger charge is 2.22. The minimum atomic E-state index is -3.71. The molecule has 116 valence electrons. The second kappa shape index (κ2) is 7.15. The molecule has 0 aliphatic carbocycles. The van der Waals surface area contributed by atoms with Crippen molar-refractivity contribution in [3.8, 4) is 0 Å². The Morgan fingerprint density at radius 2 is 1.91 bits per heavy atom. The molecule has 7 heteroatoms. The maximum Gasteiger partial charge on any atom is 0.244 e. The summed E-state index contributed by atoms with van der Waals surface area (Å²) in [6.07, 6.45) is 2.75. The van der Waals surface area contributed by atoms with Gasteiger partial charge in [-0.1, -0.05) is 30.3 Å². The lowest BCUT2D eigenvalue weighted by Gasteiger charge is -2.16. The van der Waals surface area contributed by atoms with Gasteiger partial charge in [0.15, 0.2) is 0 Å². The van der Waals surface area contributed by atoms with Gasteiger partial charge in [-0.3, -0.25) is 9.78 Å². The highest BCUT2D eigenvalue weighted by Crippen LogP contribution is 2.11. The number of amides is 1. The fourth-order valence-corrected chi connectivity index (χ4v) is 2.91. The van der Waals surface area contributed by atoms with E-state index < -0.39 is 10.0 Å². The van der Waals surface area contributed by atoms with Crippen LogP contribution in [0.2, 0.25) is 0 Å². The number of pyridine rings is 1. The smallest absolute Gasteiger partial charge is 0.244 e. The summed E-state index contributed by atoms with van der Waals surface area (Å²) < 4.78 is 25.5. The van der Waals surface area contributed by atoms with Crippen LogP contribution in [0.1, 0.15) is 5.56 Å². The molecule has 22 heavy (non-hydrogen) atoms. The number of nitrogens with one attached hydrogen (secondary N) is 1. The molecule has 6 nitrogen and oxygen atoms in total. The molecule has 0 fully saturated rings. The highest BCUT2D eigenvalue weighted by molar-refractivity contribution is 7.89. The third kappa shape index (κ3) is 4.12. The molecule has 0 aliphatic heterocycles. The maximum absolute atomic E-state index is 12.2. The van der Waals surface area contributed by atoms with Gasteiger partial charge in [-0.15, -0.1) is 0 Å². The Hall–Kier alpha value is -2.25. The molecule has 2 aromatic rings. The summed E-state index contributed by atoms with van der Waals surface area (Å²) in [7, 11) is -2.34. The van der Waals surface area contributed by atoms with Crippen LogP contribution >= 0.6 is 0 Å². The summed E-state index contributed by atoms with van der Waals surface area (Å²) in [4.78, 5) is 15.7. The molecule has 1 heterocycles. The zero-order valence-corrected chi connectivity index (χ0v) is 13.0. The molecular formula is C15H17N3O3S. The van der Waals surface area contributed by atoms with Crippen LogP contribution < -0.4 is 5.32 Å². The van der Waals surface area contributed by atoms with E-state index >= 15 is 0 Å². The summed E-state index contributed by atoms with van der Waals surface area (Å²) >= 11 is 0. The number of likely N-dealkylation sites (N-methyl/N-ethyl adjacent to an activating group) is 1. The topological polar surface area (TPSA) is 79.4 Å². The van der Waals surface area contributed by atoms with Crippen molar-refractivity contribution in [3.63, 3.8) is 0 Å². The lowest BCUT2D eigenvalue weighted by atomic mass is 10.2. The third-order valence-corrected chi connectivity index (χ3v) is 4.83. The number of benzene rings is 1. The summed E-state index contributed by atoms with van der Waals surface area (Å²) in [5, 5.41) is 2.69. The number of sulfonamides is 1. The molecule has 0 saturated heterocycles. The van der Waals surface area contributed by atoms with Gasteiger partial charge in [0.1, 0.15) is 4.90 Å². The fourth-order valence-electron chi connectivity index (χ4n) is 1.82. The molecule has 2 rings (SSSR count). The van der Waals surface area contributed by atoms with Gasteiger partial charge in [-0.05, 0) is 17.7 Å². The molecule has 0 atom stereocenters. The molecule has 0 saturated carbocycles.